The minimum atomic E-state index is -0.707. The van der Waals surface area contributed by atoms with Gasteiger partial charge in [0.05, 0.1) is 12.0 Å². The number of rotatable bonds is 2. The van der Waals surface area contributed by atoms with Crippen LogP contribution in [0.4, 0.5) is 0 Å². The lowest BCUT2D eigenvalue weighted by atomic mass is 9.97. The van der Waals surface area contributed by atoms with Gasteiger partial charge in [-0.3, -0.25) is 4.79 Å². The zero-order chi connectivity index (χ0) is 9.07. The Morgan fingerprint density at radius 1 is 1.64 bits per heavy atom. The lowest BCUT2D eigenvalue weighted by Crippen LogP contribution is -2.27. The summed E-state index contributed by atoms with van der Waals surface area (Å²) in [5.41, 5.74) is -1.24. The second-order valence-electron chi connectivity index (χ2n) is 3.29. The second-order valence-corrected chi connectivity index (χ2v) is 3.87. The monoisotopic (exact) mass is 178 g/mol. The second kappa shape index (κ2) is 3.97. The highest BCUT2D eigenvalue weighted by Crippen LogP contribution is 2.16. The van der Waals surface area contributed by atoms with Crippen molar-refractivity contribution in [1.82, 2.24) is 0 Å². The average molecular weight is 178 g/mol. The highest BCUT2D eigenvalue weighted by molar-refractivity contribution is 7.80. The number of aliphatic hydroxyl groups excluding tert-OH is 1. The Hall–Kier alpha value is -0.220. The summed E-state index contributed by atoms with van der Waals surface area (Å²) in [6.07, 6.45) is 0. The van der Waals surface area contributed by atoms with Gasteiger partial charge in [-0.05, 0) is 20.8 Å². The molecule has 11 heavy (non-hydrogen) atoms. The molecule has 0 bridgehead atoms. The number of hydrogen-bond donors (Lipinski definition) is 2. The van der Waals surface area contributed by atoms with Crippen LogP contribution in [0.15, 0.2) is 0 Å². The fourth-order valence-electron chi connectivity index (χ4n) is 0.338. The van der Waals surface area contributed by atoms with E-state index in [4.69, 9.17) is 9.84 Å². The maximum absolute atomic E-state index is 11.1. The molecule has 0 heterocycles. The number of thiol groups is 1. The molecule has 0 aromatic rings. The minimum Gasteiger partial charge on any atom is -0.449 e. The van der Waals surface area contributed by atoms with Gasteiger partial charge in [-0.2, -0.15) is 0 Å². The first-order valence-corrected chi connectivity index (χ1v) is 3.89. The molecule has 0 aliphatic heterocycles. The standard InChI is InChI=1S/C7H14O3S/c1-7(2,3)6(9)10-5(11)4-8/h5,8,11H,4H2,1-3H3. The molecule has 0 radical (unpaired) electrons. The maximum Gasteiger partial charge on any atom is 0.312 e. The van der Waals surface area contributed by atoms with Crippen LogP contribution in [0.5, 0.6) is 0 Å². The molecule has 66 valence electrons. The number of ether oxygens (including phenoxy) is 1. The number of esters is 1. The predicted molar refractivity (Wildman–Crippen MR) is 45.4 cm³/mol. The molecule has 1 N–H and O–H groups in total. The molecule has 0 rings (SSSR count). The van der Waals surface area contributed by atoms with Gasteiger partial charge >= 0.3 is 5.97 Å². The van der Waals surface area contributed by atoms with Crippen molar-refractivity contribution in [2.45, 2.75) is 26.2 Å². The topological polar surface area (TPSA) is 46.5 Å². The van der Waals surface area contributed by atoms with E-state index in [2.05, 4.69) is 12.6 Å². The minimum absolute atomic E-state index is 0.259. The van der Waals surface area contributed by atoms with E-state index in [0.717, 1.165) is 0 Å². The molecular weight excluding hydrogens is 164 g/mol. The van der Waals surface area contributed by atoms with Crippen molar-refractivity contribution >= 4 is 18.6 Å². The predicted octanol–water partition coefficient (Wildman–Crippen LogP) is 0.824. The largest absolute Gasteiger partial charge is 0.449 e. The Kier molecular flexibility index (Phi) is 3.89. The summed E-state index contributed by atoms with van der Waals surface area (Å²) in [5, 5.41) is 8.50. The van der Waals surface area contributed by atoms with Crippen LogP contribution in [0, 0.1) is 5.41 Å². The van der Waals surface area contributed by atoms with Crippen molar-refractivity contribution in [3.8, 4) is 0 Å². The van der Waals surface area contributed by atoms with E-state index in [0.29, 0.717) is 0 Å². The van der Waals surface area contributed by atoms with Crippen molar-refractivity contribution in [1.29, 1.82) is 0 Å². The molecule has 0 spiro atoms. The molecule has 0 aromatic carbocycles. The van der Waals surface area contributed by atoms with Gasteiger partial charge in [0.25, 0.3) is 0 Å². The Labute approximate surface area is 72.2 Å². The molecule has 3 nitrogen and oxygen atoms in total. The Bertz CT molecular complexity index is 139. The van der Waals surface area contributed by atoms with E-state index in [1.165, 1.54) is 0 Å². The van der Waals surface area contributed by atoms with Crippen molar-refractivity contribution < 1.29 is 14.6 Å². The Morgan fingerprint density at radius 2 is 2.09 bits per heavy atom. The normalized spacial score (nSPS) is 14.3. The zero-order valence-corrected chi connectivity index (χ0v) is 7.89. The highest BCUT2D eigenvalue weighted by Gasteiger charge is 2.24. The third kappa shape index (κ3) is 4.27. The van der Waals surface area contributed by atoms with Crippen LogP contribution >= 0.6 is 12.6 Å². The van der Waals surface area contributed by atoms with Gasteiger partial charge in [0.1, 0.15) is 0 Å². The van der Waals surface area contributed by atoms with Crippen LogP contribution in [0.2, 0.25) is 0 Å². The van der Waals surface area contributed by atoms with Crippen LogP contribution in [0.1, 0.15) is 20.8 Å². The number of hydrogen-bond acceptors (Lipinski definition) is 4. The number of aliphatic hydroxyl groups is 1. The molecular formula is C7H14O3S. The fraction of sp³-hybridized carbons (Fsp3) is 0.857. The first kappa shape index (κ1) is 10.8. The third-order valence-corrected chi connectivity index (χ3v) is 1.28. The quantitative estimate of drug-likeness (QED) is 0.374. The first-order valence-electron chi connectivity index (χ1n) is 3.38. The van der Waals surface area contributed by atoms with E-state index >= 15 is 0 Å². The van der Waals surface area contributed by atoms with Crippen LogP contribution in [-0.2, 0) is 9.53 Å². The molecule has 0 fully saturated rings. The fourth-order valence-corrected chi connectivity index (χ4v) is 0.433. The first-order chi connectivity index (χ1) is 4.88. The molecule has 0 saturated carbocycles. The third-order valence-electron chi connectivity index (χ3n) is 1.01. The summed E-state index contributed by atoms with van der Waals surface area (Å²) in [6, 6.07) is 0. The number of carbonyl (C=O) groups is 1. The van der Waals surface area contributed by atoms with Crippen molar-refractivity contribution in [3.05, 3.63) is 0 Å². The summed E-state index contributed by atoms with van der Waals surface area (Å²) in [4.78, 5) is 11.1. The van der Waals surface area contributed by atoms with Gasteiger partial charge in [0.2, 0.25) is 0 Å². The number of carbonyl (C=O) groups excluding carboxylic acids is 1. The van der Waals surface area contributed by atoms with E-state index in [-0.39, 0.29) is 12.6 Å². The lowest BCUT2D eigenvalue weighted by Gasteiger charge is -2.18. The molecule has 0 aromatic heterocycles. The molecule has 1 atom stereocenters. The molecule has 0 amide bonds. The Morgan fingerprint density at radius 3 is 2.36 bits per heavy atom. The summed E-state index contributed by atoms with van der Waals surface area (Å²) in [6.45, 7) is 4.97. The van der Waals surface area contributed by atoms with Gasteiger partial charge in [0, 0.05) is 0 Å². The van der Waals surface area contributed by atoms with E-state index in [9.17, 15) is 4.79 Å². The SMILES string of the molecule is CC(C)(C)C(=O)OC(S)CO. The summed E-state index contributed by atoms with van der Waals surface area (Å²) >= 11 is 3.81. The summed E-state index contributed by atoms with van der Waals surface area (Å²) in [7, 11) is 0. The van der Waals surface area contributed by atoms with Crippen molar-refractivity contribution in [2.24, 2.45) is 5.41 Å². The Balaban J connectivity index is 3.88. The van der Waals surface area contributed by atoms with E-state index in [1.807, 2.05) is 0 Å². The van der Waals surface area contributed by atoms with Gasteiger partial charge in [-0.25, -0.2) is 0 Å². The van der Waals surface area contributed by atoms with Crippen LogP contribution < -0.4 is 0 Å². The van der Waals surface area contributed by atoms with Crippen molar-refractivity contribution in [2.75, 3.05) is 6.61 Å². The molecule has 0 aliphatic rings. The molecule has 0 saturated heterocycles. The molecule has 1 unspecified atom stereocenters. The highest BCUT2D eigenvalue weighted by atomic mass is 32.1. The van der Waals surface area contributed by atoms with Crippen LogP contribution in [0.3, 0.4) is 0 Å². The average Bonchev–Trinajstić information content (AvgIpc) is 1.85. The lowest BCUT2D eigenvalue weighted by molar-refractivity contribution is -0.155. The van der Waals surface area contributed by atoms with Gasteiger partial charge in [0.15, 0.2) is 5.44 Å². The van der Waals surface area contributed by atoms with E-state index < -0.39 is 10.9 Å². The smallest absolute Gasteiger partial charge is 0.312 e. The zero-order valence-electron chi connectivity index (χ0n) is 7.00. The summed E-state index contributed by atoms with van der Waals surface area (Å²) < 4.78 is 4.74. The van der Waals surface area contributed by atoms with Crippen LogP contribution in [-0.4, -0.2) is 23.1 Å². The maximum atomic E-state index is 11.1. The van der Waals surface area contributed by atoms with Gasteiger partial charge in [-0.15, -0.1) is 12.6 Å². The summed E-state index contributed by atoms with van der Waals surface area (Å²) in [5.74, 6) is -0.355. The molecule has 4 heteroatoms. The molecule has 0 aliphatic carbocycles. The van der Waals surface area contributed by atoms with Crippen molar-refractivity contribution in [3.63, 3.8) is 0 Å². The van der Waals surface area contributed by atoms with Gasteiger partial charge < -0.3 is 9.84 Å². The van der Waals surface area contributed by atoms with Gasteiger partial charge in [-0.1, -0.05) is 0 Å². The van der Waals surface area contributed by atoms with Crippen LogP contribution in [0.25, 0.3) is 0 Å². The van der Waals surface area contributed by atoms with E-state index in [1.54, 1.807) is 20.8 Å².